The number of nitrogens with one attached hydrogen (secondary N) is 1. The molecule has 0 unspecified atom stereocenters. The minimum absolute atomic E-state index is 0.303. The number of fused-ring (bicyclic) bond motifs is 1. The second kappa shape index (κ2) is 7.35. The van der Waals surface area contributed by atoms with Gasteiger partial charge in [0, 0.05) is 22.5 Å². The molecule has 0 atom stereocenters. The average molecular weight is 383 g/mol. The Morgan fingerprint density at radius 1 is 0.966 bits per heavy atom. The number of nitrogens with zero attached hydrogens (tertiary/aromatic N) is 2. The molecular weight excluding hydrogens is 368 g/mol. The molecule has 0 bridgehead atoms. The van der Waals surface area contributed by atoms with E-state index in [-0.39, 0.29) is 11.7 Å². The minimum atomic E-state index is -0.530. The third kappa shape index (κ3) is 3.67. The van der Waals surface area contributed by atoms with Crippen LogP contribution >= 0.6 is 0 Å². The number of hydrogen-bond acceptors (Lipinski definition) is 3. The van der Waals surface area contributed by atoms with E-state index in [9.17, 15) is 14.0 Å². The lowest BCUT2D eigenvalue weighted by Gasteiger charge is -2.09. The Balaban J connectivity index is 1.67. The van der Waals surface area contributed by atoms with Crippen molar-refractivity contribution in [3.63, 3.8) is 0 Å². The Morgan fingerprint density at radius 3 is 2.28 bits per heavy atom. The first-order valence-corrected chi connectivity index (χ1v) is 8.88. The van der Waals surface area contributed by atoms with Crippen LogP contribution in [-0.4, -0.2) is 29.0 Å². The van der Waals surface area contributed by atoms with Crippen molar-refractivity contribution in [3.05, 3.63) is 89.5 Å². The van der Waals surface area contributed by atoms with Gasteiger partial charge in [-0.3, -0.25) is 9.36 Å². The molecule has 29 heavy (non-hydrogen) atoms. The van der Waals surface area contributed by atoms with Crippen molar-refractivity contribution in [2.24, 2.45) is 0 Å². The molecule has 0 saturated heterocycles. The maximum absolute atomic E-state index is 13.3. The second-order valence-electron chi connectivity index (χ2n) is 6.57. The largest absolute Gasteiger partial charge is 0.322 e. The zero-order chi connectivity index (χ0) is 20.5. The third-order valence-electron chi connectivity index (χ3n) is 4.60. The number of anilines is 1. The molecule has 2 radical (unpaired) electrons. The summed E-state index contributed by atoms with van der Waals surface area (Å²) in [6, 6.07) is 17.6. The van der Waals surface area contributed by atoms with Crippen LogP contribution in [-0.2, 0) is 0 Å². The van der Waals surface area contributed by atoms with Crippen LogP contribution in [0.5, 0.6) is 0 Å². The lowest BCUT2D eigenvalue weighted by Crippen LogP contribution is -2.12. The number of benzene rings is 3. The molecule has 140 valence electrons. The lowest BCUT2D eigenvalue weighted by atomic mass is 9.95. The van der Waals surface area contributed by atoms with E-state index in [0.717, 1.165) is 22.5 Å². The highest BCUT2D eigenvalue weighted by molar-refractivity contribution is 6.62. The molecule has 4 aromatic rings. The highest BCUT2D eigenvalue weighted by atomic mass is 19.1. The number of imidazole rings is 1. The molecule has 5 nitrogen and oxygen atoms in total. The van der Waals surface area contributed by atoms with Gasteiger partial charge in [0.2, 0.25) is 0 Å². The van der Waals surface area contributed by atoms with Crippen molar-refractivity contribution in [3.8, 4) is 5.69 Å². The van der Waals surface area contributed by atoms with Crippen LogP contribution < -0.4 is 5.32 Å². The molecule has 0 aliphatic heterocycles. The molecular formula is C22H15BFN3O2. The molecule has 7 heteroatoms. The fourth-order valence-corrected chi connectivity index (χ4v) is 3.17. The number of halogens is 1. The number of amides is 1. The summed E-state index contributed by atoms with van der Waals surface area (Å²) < 4.78 is 15.2. The summed E-state index contributed by atoms with van der Waals surface area (Å²) >= 11 is 0. The monoisotopic (exact) mass is 383 g/mol. The van der Waals surface area contributed by atoms with E-state index in [2.05, 4.69) is 10.3 Å². The summed E-state index contributed by atoms with van der Waals surface area (Å²) in [4.78, 5) is 28.4. The molecule has 1 aromatic heterocycles. The van der Waals surface area contributed by atoms with E-state index in [1.807, 2.05) is 11.5 Å². The van der Waals surface area contributed by atoms with Crippen molar-refractivity contribution in [1.82, 2.24) is 9.55 Å². The van der Waals surface area contributed by atoms with Crippen molar-refractivity contribution in [2.45, 2.75) is 6.92 Å². The predicted molar refractivity (Wildman–Crippen MR) is 110 cm³/mol. The van der Waals surface area contributed by atoms with Crippen LogP contribution in [0.2, 0.25) is 0 Å². The van der Waals surface area contributed by atoms with E-state index in [0.29, 0.717) is 16.8 Å². The number of rotatable bonds is 4. The Morgan fingerprint density at radius 2 is 1.62 bits per heavy atom. The average Bonchev–Trinajstić information content (AvgIpc) is 3.04. The summed E-state index contributed by atoms with van der Waals surface area (Å²) in [6.45, 7) is 1.85. The van der Waals surface area contributed by atoms with Gasteiger partial charge in [-0.15, -0.1) is 0 Å². The van der Waals surface area contributed by atoms with Gasteiger partial charge in [-0.2, -0.15) is 0 Å². The SMILES string of the molecule is [B]C(=O)c1ccc(NC(=O)c2ccc3nc(C)n(-c4ccc(F)cc4)c3c2)cc1. The molecule has 1 N–H and O–H groups in total. The number of carbonyl (C=O) groups excluding carboxylic acids is 2. The van der Waals surface area contributed by atoms with Gasteiger partial charge in [0.05, 0.1) is 11.0 Å². The van der Waals surface area contributed by atoms with Gasteiger partial charge >= 0.3 is 0 Å². The van der Waals surface area contributed by atoms with E-state index in [1.165, 1.54) is 12.1 Å². The molecule has 0 fully saturated rings. The van der Waals surface area contributed by atoms with Crippen LogP contribution in [0.4, 0.5) is 10.1 Å². The first kappa shape index (κ1) is 18.6. The molecule has 0 saturated carbocycles. The van der Waals surface area contributed by atoms with Crippen molar-refractivity contribution < 1.29 is 14.0 Å². The summed E-state index contributed by atoms with van der Waals surface area (Å²) in [6.07, 6.45) is 0. The fourth-order valence-electron chi connectivity index (χ4n) is 3.17. The molecule has 0 spiro atoms. The third-order valence-corrected chi connectivity index (χ3v) is 4.60. The second-order valence-corrected chi connectivity index (χ2v) is 6.57. The van der Waals surface area contributed by atoms with Crippen LogP contribution in [0.25, 0.3) is 16.7 Å². The molecule has 4 rings (SSSR count). The Hall–Kier alpha value is -3.74. The lowest BCUT2D eigenvalue weighted by molar-refractivity contribution is 0.102. The summed E-state index contributed by atoms with van der Waals surface area (Å²) in [5, 5.41) is 2.79. The topological polar surface area (TPSA) is 64.0 Å². The molecule has 0 aliphatic rings. The van der Waals surface area contributed by atoms with E-state index < -0.39 is 5.68 Å². The smallest absolute Gasteiger partial charge is 0.255 e. The fraction of sp³-hybridized carbons (Fsp3) is 0.0455. The molecule has 0 aliphatic carbocycles. The van der Waals surface area contributed by atoms with Gasteiger partial charge in [0.25, 0.3) is 5.91 Å². The van der Waals surface area contributed by atoms with Gasteiger partial charge in [0.1, 0.15) is 17.3 Å². The predicted octanol–water partition coefficient (Wildman–Crippen LogP) is 4.03. The van der Waals surface area contributed by atoms with Crippen LogP contribution in [0, 0.1) is 12.7 Å². The van der Waals surface area contributed by atoms with Gasteiger partial charge in [-0.05, 0) is 61.5 Å². The molecule has 1 heterocycles. The number of aryl methyl sites for hydroxylation is 1. The number of hydrogen-bond donors (Lipinski definition) is 1. The summed E-state index contributed by atoms with van der Waals surface area (Å²) in [5.41, 5.74) is 3.05. The van der Waals surface area contributed by atoms with Crippen molar-refractivity contribution >= 4 is 36.2 Å². The van der Waals surface area contributed by atoms with Crippen molar-refractivity contribution in [1.29, 1.82) is 0 Å². The van der Waals surface area contributed by atoms with E-state index >= 15 is 0 Å². The minimum Gasteiger partial charge on any atom is -0.322 e. The van der Waals surface area contributed by atoms with Gasteiger partial charge in [0.15, 0.2) is 7.85 Å². The highest BCUT2D eigenvalue weighted by Crippen LogP contribution is 2.23. The zero-order valence-corrected chi connectivity index (χ0v) is 15.5. The van der Waals surface area contributed by atoms with E-state index in [1.54, 1.807) is 54.6 Å². The zero-order valence-electron chi connectivity index (χ0n) is 15.5. The normalized spacial score (nSPS) is 10.8. The first-order valence-electron chi connectivity index (χ1n) is 8.88. The van der Waals surface area contributed by atoms with Crippen LogP contribution in [0.15, 0.2) is 66.7 Å². The van der Waals surface area contributed by atoms with Crippen molar-refractivity contribution in [2.75, 3.05) is 5.32 Å². The van der Waals surface area contributed by atoms with Gasteiger partial charge in [-0.25, -0.2) is 9.37 Å². The molecule has 3 aromatic carbocycles. The maximum atomic E-state index is 13.3. The highest BCUT2D eigenvalue weighted by Gasteiger charge is 2.13. The first-order chi connectivity index (χ1) is 13.9. The summed E-state index contributed by atoms with van der Waals surface area (Å²) in [5.74, 6) is 0.104. The van der Waals surface area contributed by atoms with Gasteiger partial charge in [-0.1, -0.05) is 12.1 Å². The van der Waals surface area contributed by atoms with Gasteiger partial charge < -0.3 is 10.1 Å². The van der Waals surface area contributed by atoms with Crippen LogP contribution in [0.1, 0.15) is 26.5 Å². The Labute approximate surface area is 167 Å². The maximum Gasteiger partial charge on any atom is 0.255 e. The summed E-state index contributed by atoms with van der Waals surface area (Å²) in [7, 11) is 5.23. The standard InChI is InChI=1S/C22H15BFN3O2/c1-13-25-19-11-4-15(12-20(19)27(13)18-9-5-16(24)6-10-18)22(29)26-17-7-2-14(3-8-17)21(23)28/h2-12H,1H3,(H,26,29). The Kier molecular flexibility index (Phi) is 4.72. The molecule has 1 amide bonds. The Bertz CT molecular complexity index is 1230. The number of aromatic nitrogens is 2. The quantitative estimate of drug-likeness (QED) is 0.541. The van der Waals surface area contributed by atoms with E-state index in [4.69, 9.17) is 7.85 Å². The number of carbonyl (C=O) groups is 2. The van der Waals surface area contributed by atoms with Crippen LogP contribution in [0.3, 0.4) is 0 Å².